The molecule has 4 rings (SSSR count). The minimum atomic E-state index is -0.0362. The molecule has 1 saturated heterocycles. The summed E-state index contributed by atoms with van der Waals surface area (Å²) in [5.41, 5.74) is 0.714. The van der Waals surface area contributed by atoms with Gasteiger partial charge in [0.05, 0.1) is 18.7 Å². The predicted molar refractivity (Wildman–Crippen MR) is 95.6 cm³/mol. The van der Waals surface area contributed by atoms with E-state index in [-0.39, 0.29) is 18.4 Å². The molecule has 2 aliphatic heterocycles. The summed E-state index contributed by atoms with van der Waals surface area (Å²) in [7, 11) is 0. The molecule has 1 aromatic rings. The quantitative estimate of drug-likeness (QED) is 0.830. The van der Waals surface area contributed by atoms with Gasteiger partial charge in [-0.25, -0.2) is 0 Å². The molecule has 2 heterocycles. The van der Waals surface area contributed by atoms with Crippen molar-refractivity contribution < 1.29 is 14.3 Å². The second-order valence-corrected chi connectivity index (χ2v) is 7.48. The van der Waals surface area contributed by atoms with Crippen molar-refractivity contribution in [2.45, 2.75) is 38.5 Å². The van der Waals surface area contributed by atoms with Gasteiger partial charge in [-0.15, -0.1) is 0 Å². The third kappa shape index (κ3) is 3.37. The number of anilines is 1. The van der Waals surface area contributed by atoms with Crippen LogP contribution < -0.4 is 9.64 Å². The molecule has 2 fully saturated rings. The molecule has 25 heavy (non-hydrogen) atoms. The van der Waals surface area contributed by atoms with Gasteiger partial charge in [0.1, 0.15) is 12.3 Å². The lowest BCUT2D eigenvalue weighted by atomic mass is 9.75. The zero-order valence-corrected chi connectivity index (χ0v) is 14.7. The molecule has 1 aliphatic carbocycles. The van der Waals surface area contributed by atoms with E-state index in [0.29, 0.717) is 30.4 Å². The first-order valence-electron chi connectivity index (χ1n) is 9.52. The van der Waals surface area contributed by atoms with Crippen LogP contribution in [-0.2, 0) is 9.59 Å². The van der Waals surface area contributed by atoms with Gasteiger partial charge in [0.25, 0.3) is 0 Å². The molecule has 1 aromatic carbocycles. The Kier molecular flexibility index (Phi) is 4.64. The summed E-state index contributed by atoms with van der Waals surface area (Å²) in [5.74, 6) is 2.17. The van der Waals surface area contributed by atoms with Crippen LogP contribution in [0.15, 0.2) is 24.3 Å². The number of nitrogens with zero attached hydrogens (tertiary/aromatic N) is 2. The SMILES string of the molecule is O=C(CN1C(=O)CCOc2ccccc21)N1CCC2CCCCC2C1. The highest BCUT2D eigenvalue weighted by atomic mass is 16.5. The number of hydrogen-bond acceptors (Lipinski definition) is 3. The van der Waals surface area contributed by atoms with Crippen LogP contribution >= 0.6 is 0 Å². The fraction of sp³-hybridized carbons (Fsp3) is 0.600. The zero-order valence-electron chi connectivity index (χ0n) is 14.7. The minimum absolute atomic E-state index is 0.0362. The number of para-hydroxylation sites is 2. The van der Waals surface area contributed by atoms with Gasteiger partial charge in [-0.3, -0.25) is 14.5 Å². The van der Waals surface area contributed by atoms with Crippen molar-refractivity contribution in [3.63, 3.8) is 0 Å². The fourth-order valence-corrected chi connectivity index (χ4v) is 4.56. The molecule has 2 atom stereocenters. The molecule has 0 N–H and O–H groups in total. The van der Waals surface area contributed by atoms with Crippen molar-refractivity contribution in [3.05, 3.63) is 24.3 Å². The van der Waals surface area contributed by atoms with Gasteiger partial charge in [-0.05, 0) is 36.8 Å². The van der Waals surface area contributed by atoms with Crippen LogP contribution in [0.5, 0.6) is 5.75 Å². The maximum Gasteiger partial charge on any atom is 0.242 e. The Labute approximate surface area is 148 Å². The Hall–Kier alpha value is -2.04. The summed E-state index contributed by atoms with van der Waals surface area (Å²) in [6.45, 7) is 2.19. The number of rotatable bonds is 2. The summed E-state index contributed by atoms with van der Waals surface area (Å²) in [5, 5.41) is 0. The van der Waals surface area contributed by atoms with E-state index < -0.39 is 0 Å². The number of amides is 2. The number of carbonyl (C=O) groups excluding carboxylic acids is 2. The second kappa shape index (κ2) is 7.06. The summed E-state index contributed by atoms with van der Waals surface area (Å²) in [4.78, 5) is 29.0. The Morgan fingerprint density at radius 2 is 1.92 bits per heavy atom. The Balaban J connectivity index is 1.47. The summed E-state index contributed by atoms with van der Waals surface area (Å²) >= 11 is 0. The van der Waals surface area contributed by atoms with Gasteiger partial charge in [0.2, 0.25) is 11.8 Å². The molecule has 0 radical (unpaired) electrons. The summed E-state index contributed by atoms with van der Waals surface area (Å²) in [6.07, 6.45) is 6.62. The third-order valence-electron chi connectivity index (χ3n) is 5.97. The monoisotopic (exact) mass is 342 g/mol. The van der Waals surface area contributed by atoms with E-state index in [9.17, 15) is 9.59 Å². The first-order chi connectivity index (χ1) is 12.2. The predicted octanol–water partition coefficient (Wildman–Crippen LogP) is 2.84. The molecule has 0 spiro atoms. The molecule has 5 nitrogen and oxygen atoms in total. The third-order valence-corrected chi connectivity index (χ3v) is 5.97. The molecule has 3 aliphatic rings. The van der Waals surface area contributed by atoms with E-state index in [1.165, 1.54) is 25.7 Å². The molecule has 1 saturated carbocycles. The van der Waals surface area contributed by atoms with Crippen LogP contribution in [0.4, 0.5) is 5.69 Å². The number of benzene rings is 1. The van der Waals surface area contributed by atoms with E-state index in [4.69, 9.17) is 4.74 Å². The van der Waals surface area contributed by atoms with Crippen molar-refractivity contribution in [2.24, 2.45) is 11.8 Å². The van der Waals surface area contributed by atoms with Gasteiger partial charge in [-0.2, -0.15) is 0 Å². The van der Waals surface area contributed by atoms with Crippen LogP contribution in [-0.4, -0.2) is 43.0 Å². The Morgan fingerprint density at radius 1 is 1.12 bits per heavy atom. The normalized spacial score (nSPS) is 26.3. The molecular weight excluding hydrogens is 316 g/mol. The molecule has 2 unspecified atom stereocenters. The Morgan fingerprint density at radius 3 is 2.80 bits per heavy atom. The molecule has 2 amide bonds. The first-order valence-corrected chi connectivity index (χ1v) is 9.52. The minimum Gasteiger partial charge on any atom is -0.491 e. The van der Waals surface area contributed by atoms with E-state index in [1.54, 1.807) is 4.90 Å². The molecular formula is C20H26N2O3. The van der Waals surface area contributed by atoms with Crippen molar-refractivity contribution in [3.8, 4) is 5.75 Å². The van der Waals surface area contributed by atoms with Crippen LogP contribution in [0.2, 0.25) is 0 Å². The van der Waals surface area contributed by atoms with E-state index in [2.05, 4.69) is 0 Å². The first kappa shape index (κ1) is 16.4. The highest BCUT2D eigenvalue weighted by Crippen LogP contribution is 2.36. The fourth-order valence-electron chi connectivity index (χ4n) is 4.56. The van der Waals surface area contributed by atoms with E-state index in [1.807, 2.05) is 29.2 Å². The number of carbonyl (C=O) groups is 2. The van der Waals surface area contributed by atoms with E-state index in [0.717, 1.165) is 25.4 Å². The lowest BCUT2D eigenvalue weighted by molar-refractivity contribution is -0.134. The standard InChI is InChI=1S/C20H26N2O3/c23-19-10-12-25-18-8-4-3-7-17(18)22(19)14-20(24)21-11-9-15-5-1-2-6-16(15)13-21/h3-4,7-8,15-16H,1-2,5-6,9-14H2. The van der Waals surface area contributed by atoms with Crippen LogP contribution in [0.1, 0.15) is 38.5 Å². The number of piperidine rings is 1. The second-order valence-electron chi connectivity index (χ2n) is 7.48. The number of ether oxygens (including phenoxy) is 1. The van der Waals surface area contributed by atoms with E-state index >= 15 is 0 Å². The lowest BCUT2D eigenvalue weighted by Crippen LogP contribution is -2.49. The number of fused-ring (bicyclic) bond motifs is 2. The van der Waals surface area contributed by atoms with Gasteiger partial charge in [-0.1, -0.05) is 31.4 Å². The number of likely N-dealkylation sites (tertiary alicyclic amines) is 1. The summed E-state index contributed by atoms with van der Waals surface area (Å²) < 4.78 is 5.66. The average Bonchev–Trinajstić information content (AvgIpc) is 2.80. The van der Waals surface area contributed by atoms with Crippen LogP contribution in [0.25, 0.3) is 0 Å². The average molecular weight is 342 g/mol. The topological polar surface area (TPSA) is 49.9 Å². The van der Waals surface area contributed by atoms with Crippen LogP contribution in [0.3, 0.4) is 0 Å². The lowest BCUT2D eigenvalue weighted by Gasteiger charge is -2.41. The number of hydrogen-bond donors (Lipinski definition) is 0. The summed E-state index contributed by atoms with van der Waals surface area (Å²) in [6, 6.07) is 7.49. The van der Waals surface area contributed by atoms with Gasteiger partial charge < -0.3 is 9.64 Å². The Bertz CT molecular complexity index is 660. The highest BCUT2D eigenvalue weighted by molar-refractivity contribution is 6.00. The van der Waals surface area contributed by atoms with Crippen molar-refractivity contribution in [1.29, 1.82) is 0 Å². The van der Waals surface area contributed by atoms with Crippen molar-refractivity contribution in [1.82, 2.24) is 4.90 Å². The van der Waals surface area contributed by atoms with Crippen LogP contribution in [0, 0.1) is 11.8 Å². The molecule has 134 valence electrons. The zero-order chi connectivity index (χ0) is 17.2. The maximum absolute atomic E-state index is 12.9. The smallest absolute Gasteiger partial charge is 0.242 e. The molecule has 0 bridgehead atoms. The highest BCUT2D eigenvalue weighted by Gasteiger charge is 2.34. The van der Waals surface area contributed by atoms with Gasteiger partial charge in [0.15, 0.2) is 0 Å². The molecule has 5 heteroatoms. The maximum atomic E-state index is 12.9. The largest absolute Gasteiger partial charge is 0.491 e. The van der Waals surface area contributed by atoms with Gasteiger partial charge >= 0.3 is 0 Å². The molecule has 0 aromatic heterocycles. The van der Waals surface area contributed by atoms with Crippen molar-refractivity contribution >= 4 is 17.5 Å². The van der Waals surface area contributed by atoms with Gasteiger partial charge in [0, 0.05) is 13.1 Å². The van der Waals surface area contributed by atoms with Crippen molar-refractivity contribution in [2.75, 3.05) is 31.1 Å².